The summed E-state index contributed by atoms with van der Waals surface area (Å²) in [7, 11) is 0. The molecule has 6 heteroatoms. The van der Waals surface area contributed by atoms with Crippen LogP contribution in [0.1, 0.15) is 12.5 Å². The zero-order chi connectivity index (χ0) is 13.8. The smallest absolute Gasteiger partial charge is 0.165 e. The highest BCUT2D eigenvalue weighted by Gasteiger charge is 2.02. The van der Waals surface area contributed by atoms with Crippen molar-refractivity contribution in [3.8, 4) is 0 Å². The second-order valence-corrected chi connectivity index (χ2v) is 4.64. The van der Waals surface area contributed by atoms with Gasteiger partial charge in [-0.15, -0.1) is 0 Å². The lowest BCUT2D eigenvalue weighted by molar-refractivity contribution is 0.628. The summed E-state index contributed by atoms with van der Waals surface area (Å²) in [5.41, 5.74) is 4.24. The van der Waals surface area contributed by atoms with E-state index in [-0.39, 0.29) is 5.82 Å². The molecule has 0 aliphatic heterocycles. The van der Waals surface area contributed by atoms with E-state index in [1.165, 1.54) is 18.3 Å². The molecule has 0 atom stereocenters. The van der Waals surface area contributed by atoms with E-state index >= 15 is 0 Å². The number of halogens is 3. The Labute approximate surface area is 120 Å². The molecule has 1 aromatic heterocycles. The van der Waals surface area contributed by atoms with Crippen LogP contribution in [0.5, 0.6) is 0 Å². The Morgan fingerprint density at radius 2 is 1.95 bits per heavy atom. The summed E-state index contributed by atoms with van der Waals surface area (Å²) in [4.78, 5) is 4.02. The zero-order valence-electron chi connectivity index (χ0n) is 9.99. The van der Waals surface area contributed by atoms with Gasteiger partial charge in [-0.3, -0.25) is 5.43 Å². The molecule has 2 rings (SSSR count). The summed E-state index contributed by atoms with van der Waals surface area (Å²) in [6, 6.07) is 7.62. The van der Waals surface area contributed by atoms with Crippen LogP contribution in [0.25, 0.3) is 0 Å². The summed E-state index contributed by atoms with van der Waals surface area (Å²) in [5, 5.41) is 4.97. The van der Waals surface area contributed by atoms with Crippen LogP contribution in [0.2, 0.25) is 10.0 Å². The third-order valence-corrected chi connectivity index (χ3v) is 2.89. The van der Waals surface area contributed by atoms with Crippen LogP contribution in [-0.4, -0.2) is 10.7 Å². The molecule has 0 fully saturated rings. The van der Waals surface area contributed by atoms with Crippen molar-refractivity contribution in [3.05, 3.63) is 58.0 Å². The first-order valence-corrected chi connectivity index (χ1v) is 6.19. The van der Waals surface area contributed by atoms with E-state index in [1.807, 2.05) is 0 Å². The van der Waals surface area contributed by atoms with Crippen LogP contribution in [0.3, 0.4) is 0 Å². The van der Waals surface area contributed by atoms with Crippen molar-refractivity contribution in [1.82, 2.24) is 4.98 Å². The molecule has 0 aliphatic rings. The fraction of sp³-hybridized carbons (Fsp3) is 0.0769. The predicted octanol–water partition coefficient (Wildman–Crippen LogP) is 4.36. The number of rotatable bonds is 3. The molecular weight excluding hydrogens is 288 g/mol. The van der Waals surface area contributed by atoms with Crippen molar-refractivity contribution in [2.75, 3.05) is 5.43 Å². The summed E-state index contributed by atoms with van der Waals surface area (Å²) in [6.07, 6.45) is 1.47. The van der Waals surface area contributed by atoms with E-state index < -0.39 is 0 Å². The Morgan fingerprint density at radius 1 is 1.26 bits per heavy atom. The van der Waals surface area contributed by atoms with Gasteiger partial charge in [0.15, 0.2) is 5.82 Å². The molecule has 0 aliphatic carbocycles. The fourth-order valence-electron chi connectivity index (χ4n) is 1.39. The van der Waals surface area contributed by atoms with Gasteiger partial charge >= 0.3 is 0 Å². The maximum atomic E-state index is 12.8. The lowest BCUT2D eigenvalue weighted by atomic mass is 10.1. The minimum atomic E-state index is -0.285. The van der Waals surface area contributed by atoms with Crippen molar-refractivity contribution in [3.63, 3.8) is 0 Å². The fourth-order valence-corrected chi connectivity index (χ4v) is 1.81. The number of nitrogens with zero attached hydrogens (tertiary/aromatic N) is 2. The quantitative estimate of drug-likeness (QED) is 0.675. The molecule has 0 unspecified atom stereocenters. The molecule has 0 saturated heterocycles. The Kier molecular flexibility index (Phi) is 4.35. The monoisotopic (exact) mass is 297 g/mol. The largest absolute Gasteiger partial charge is 0.260 e. The second-order valence-electron chi connectivity index (χ2n) is 3.80. The number of hydrazone groups is 1. The molecule has 1 N–H and O–H groups in total. The van der Waals surface area contributed by atoms with Crippen LogP contribution >= 0.6 is 23.2 Å². The average Bonchev–Trinajstić information content (AvgIpc) is 2.38. The van der Waals surface area contributed by atoms with Gasteiger partial charge in [-0.05, 0) is 30.7 Å². The van der Waals surface area contributed by atoms with Crippen molar-refractivity contribution >= 4 is 34.7 Å². The summed E-state index contributed by atoms with van der Waals surface area (Å²) < 4.78 is 12.8. The Balaban J connectivity index is 2.15. The number of pyridine rings is 1. The molecular formula is C13H10Cl2FN3. The summed E-state index contributed by atoms with van der Waals surface area (Å²) >= 11 is 11.7. The van der Waals surface area contributed by atoms with Crippen LogP contribution in [-0.2, 0) is 0 Å². The average molecular weight is 298 g/mol. The first-order chi connectivity index (χ1) is 9.06. The van der Waals surface area contributed by atoms with Crippen LogP contribution in [0, 0.1) is 5.82 Å². The molecule has 0 bridgehead atoms. The van der Waals surface area contributed by atoms with E-state index in [1.54, 1.807) is 25.1 Å². The number of nitrogens with one attached hydrogen (secondary N) is 1. The number of hydrogen-bond acceptors (Lipinski definition) is 3. The zero-order valence-corrected chi connectivity index (χ0v) is 11.5. The van der Waals surface area contributed by atoms with Crippen molar-refractivity contribution < 1.29 is 4.39 Å². The van der Waals surface area contributed by atoms with Gasteiger partial charge in [0, 0.05) is 6.20 Å². The van der Waals surface area contributed by atoms with Crippen LogP contribution in [0.15, 0.2) is 41.6 Å². The Morgan fingerprint density at radius 3 is 2.58 bits per heavy atom. The van der Waals surface area contributed by atoms with Gasteiger partial charge in [-0.1, -0.05) is 35.3 Å². The maximum Gasteiger partial charge on any atom is 0.165 e. The molecule has 0 spiro atoms. The lowest BCUT2D eigenvalue weighted by Crippen LogP contribution is -2.01. The maximum absolute atomic E-state index is 12.8. The van der Waals surface area contributed by atoms with Gasteiger partial charge in [0.25, 0.3) is 0 Å². The summed E-state index contributed by atoms with van der Waals surface area (Å²) in [5.74, 6) is 0.124. The van der Waals surface area contributed by atoms with E-state index in [9.17, 15) is 4.39 Å². The van der Waals surface area contributed by atoms with Gasteiger partial charge in [-0.2, -0.15) is 5.10 Å². The van der Waals surface area contributed by atoms with E-state index in [0.29, 0.717) is 21.6 Å². The molecule has 1 aromatic carbocycles. The molecule has 0 radical (unpaired) electrons. The second kappa shape index (κ2) is 5.99. The minimum Gasteiger partial charge on any atom is -0.260 e. The van der Waals surface area contributed by atoms with E-state index in [4.69, 9.17) is 23.2 Å². The number of benzene rings is 1. The third-order valence-electron chi connectivity index (χ3n) is 2.40. The van der Waals surface area contributed by atoms with Gasteiger partial charge < -0.3 is 0 Å². The molecule has 1 heterocycles. The van der Waals surface area contributed by atoms with E-state index in [0.717, 1.165) is 5.56 Å². The van der Waals surface area contributed by atoms with Crippen molar-refractivity contribution in [2.24, 2.45) is 5.10 Å². The molecule has 98 valence electrons. The first kappa shape index (κ1) is 13.8. The molecule has 0 amide bonds. The number of hydrogen-bond donors (Lipinski definition) is 1. The van der Waals surface area contributed by atoms with Gasteiger partial charge in [0.05, 0.1) is 15.8 Å². The normalized spacial score (nSPS) is 11.5. The highest BCUT2D eigenvalue weighted by atomic mass is 35.5. The Hall–Kier alpha value is -1.65. The van der Waals surface area contributed by atoms with Crippen LogP contribution < -0.4 is 5.43 Å². The van der Waals surface area contributed by atoms with Gasteiger partial charge in [0.2, 0.25) is 0 Å². The number of anilines is 1. The Bertz CT molecular complexity index is 612. The van der Waals surface area contributed by atoms with Crippen molar-refractivity contribution in [1.29, 1.82) is 0 Å². The highest BCUT2D eigenvalue weighted by Crippen LogP contribution is 2.22. The first-order valence-electron chi connectivity index (χ1n) is 5.43. The van der Waals surface area contributed by atoms with E-state index in [2.05, 4.69) is 15.5 Å². The predicted molar refractivity (Wildman–Crippen MR) is 76.5 cm³/mol. The molecule has 2 aromatic rings. The standard InChI is InChI=1S/C13H10Cl2FN3/c1-8(9-2-4-11(16)5-3-9)18-19-13-12(15)6-10(14)7-17-13/h2-7H,1H3,(H,17,19)/b18-8-. The van der Waals surface area contributed by atoms with Crippen LogP contribution in [0.4, 0.5) is 10.2 Å². The minimum absolute atomic E-state index is 0.285. The lowest BCUT2D eigenvalue weighted by Gasteiger charge is -2.05. The SMILES string of the molecule is C/C(=N/Nc1ncc(Cl)cc1Cl)c1ccc(F)cc1. The molecule has 3 nitrogen and oxygen atoms in total. The number of aromatic nitrogens is 1. The molecule has 0 saturated carbocycles. The van der Waals surface area contributed by atoms with Gasteiger partial charge in [0.1, 0.15) is 5.82 Å². The topological polar surface area (TPSA) is 37.3 Å². The summed E-state index contributed by atoms with van der Waals surface area (Å²) in [6.45, 7) is 1.80. The third kappa shape index (κ3) is 3.66. The van der Waals surface area contributed by atoms with Crippen molar-refractivity contribution in [2.45, 2.75) is 6.92 Å². The molecule has 19 heavy (non-hydrogen) atoms. The highest BCUT2D eigenvalue weighted by molar-refractivity contribution is 6.35. The van der Waals surface area contributed by atoms with Gasteiger partial charge in [-0.25, -0.2) is 9.37 Å².